The van der Waals surface area contributed by atoms with Gasteiger partial charge in [0, 0.05) is 17.1 Å². The highest BCUT2D eigenvalue weighted by Crippen LogP contribution is 2.31. The molecule has 9 heteroatoms. The number of benzene rings is 1. The number of nitriles is 2. The number of esters is 1. The summed E-state index contributed by atoms with van der Waals surface area (Å²) < 4.78 is 6.56. The number of carbonyl (C=O) groups excluding carboxylic acids is 1. The molecular formula is C22H20N6O2S. The standard InChI is InChI=1S/C22H20N6O2S/c1-4-30-19(29)13-31-22(26-16-8-6-5-7-9-16)18(12-24)20-17(11-23)21-25-14(2)10-15(3)28(21)27-20/h5-10,26H,4,13H2,1-3H3/b22-18+. The number of ether oxygens (including phenoxy) is 1. The van der Waals surface area contributed by atoms with Crippen LogP contribution in [0.1, 0.15) is 29.6 Å². The third-order valence-electron chi connectivity index (χ3n) is 4.25. The predicted octanol–water partition coefficient (Wildman–Crippen LogP) is 3.82. The molecule has 0 amide bonds. The number of carbonyl (C=O) groups is 1. The van der Waals surface area contributed by atoms with Crippen LogP contribution in [-0.2, 0) is 9.53 Å². The molecule has 0 fully saturated rings. The Balaban J connectivity index is 2.16. The monoisotopic (exact) mass is 432 g/mol. The van der Waals surface area contributed by atoms with Crippen molar-refractivity contribution in [3.8, 4) is 12.1 Å². The SMILES string of the molecule is CCOC(=O)CS/C(Nc1ccccc1)=C(\C#N)c1nn2c(C)cc(C)nc2c1C#N. The summed E-state index contributed by atoms with van der Waals surface area (Å²) in [6.07, 6.45) is 0. The number of anilines is 1. The summed E-state index contributed by atoms with van der Waals surface area (Å²) in [4.78, 5) is 16.4. The fraction of sp³-hybridized carbons (Fsp3) is 0.227. The smallest absolute Gasteiger partial charge is 0.316 e. The van der Waals surface area contributed by atoms with Crippen molar-refractivity contribution in [1.82, 2.24) is 14.6 Å². The molecule has 31 heavy (non-hydrogen) atoms. The Kier molecular flexibility index (Phi) is 6.91. The predicted molar refractivity (Wildman–Crippen MR) is 119 cm³/mol. The van der Waals surface area contributed by atoms with Gasteiger partial charge in [-0.3, -0.25) is 4.79 Å². The minimum atomic E-state index is -0.402. The van der Waals surface area contributed by atoms with E-state index in [-0.39, 0.29) is 29.2 Å². The topological polar surface area (TPSA) is 116 Å². The number of fused-ring (bicyclic) bond motifs is 1. The van der Waals surface area contributed by atoms with Crippen LogP contribution in [0, 0.1) is 36.5 Å². The summed E-state index contributed by atoms with van der Waals surface area (Å²) >= 11 is 1.12. The van der Waals surface area contributed by atoms with Crippen molar-refractivity contribution in [3.63, 3.8) is 0 Å². The van der Waals surface area contributed by atoms with Crippen LogP contribution in [0.4, 0.5) is 5.69 Å². The maximum atomic E-state index is 11.9. The minimum Gasteiger partial charge on any atom is -0.465 e. The van der Waals surface area contributed by atoms with E-state index in [0.29, 0.717) is 10.7 Å². The number of aromatic nitrogens is 3. The van der Waals surface area contributed by atoms with Crippen molar-refractivity contribution < 1.29 is 9.53 Å². The molecule has 0 saturated carbocycles. The van der Waals surface area contributed by atoms with Crippen molar-refractivity contribution in [1.29, 1.82) is 10.5 Å². The van der Waals surface area contributed by atoms with Gasteiger partial charge in [0.1, 0.15) is 29.0 Å². The van der Waals surface area contributed by atoms with Gasteiger partial charge in [0.15, 0.2) is 5.65 Å². The average Bonchev–Trinajstić information content (AvgIpc) is 3.11. The highest BCUT2D eigenvalue weighted by molar-refractivity contribution is 8.04. The van der Waals surface area contributed by atoms with Crippen LogP contribution >= 0.6 is 11.8 Å². The van der Waals surface area contributed by atoms with E-state index in [4.69, 9.17) is 4.74 Å². The summed E-state index contributed by atoms with van der Waals surface area (Å²) in [7, 11) is 0. The van der Waals surface area contributed by atoms with Gasteiger partial charge in [-0.1, -0.05) is 30.0 Å². The number of para-hydroxylation sites is 1. The zero-order valence-electron chi connectivity index (χ0n) is 17.3. The van der Waals surface area contributed by atoms with E-state index >= 15 is 0 Å². The summed E-state index contributed by atoms with van der Waals surface area (Å²) in [5.74, 6) is -0.402. The van der Waals surface area contributed by atoms with Crippen LogP contribution in [-0.4, -0.2) is 32.9 Å². The number of thioether (sulfide) groups is 1. The number of nitrogens with one attached hydrogen (secondary N) is 1. The molecule has 0 atom stereocenters. The lowest BCUT2D eigenvalue weighted by atomic mass is 10.1. The first-order valence-corrected chi connectivity index (χ1v) is 10.5. The summed E-state index contributed by atoms with van der Waals surface area (Å²) in [5.41, 5.74) is 3.21. The molecule has 3 aromatic rings. The molecule has 0 aliphatic carbocycles. The lowest BCUT2D eigenvalue weighted by Gasteiger charge is -2.12. The molecule has 0 saturated heterocycles. The van der Waals surface area contributed by atoms with E-state index in [9.17, 15) is 15.3 Å². The summed E-state index contributed by atoms with van der Waals surface area (Å²) in [5, 5.41) is 27.9. The van der Waals surface area contributed by atoms with Gasteiger partial charge in [-0.25, -0.2) is 9.50 Å². The molecule has 0 bridgehead atoms. The van der Waals surface area contributed by atoms with Crippen LogP contribution in [0.5, 0.6) is 0 Å². The number of aryl methyl sites for hydroxylation is 2. The maximum Gasteiger partial charge on any atom is 0.316 e. The van der Waals surface area contributed by atoms with Gasteiger partial charge in [-0.15, -0.1) is 0 Å². The van der Waals surface area contributed by atoms with Gasteiger partial charge >= 0.3 is 5.97 Å². The Morgan fingerprint density at radius 1 is 1.26 bits per heavy atom. The zero-order chi connectivity index (χ0) is 22.4. The molecular weight excluding hydrogens is 412 g/mol. The van der Waals surface area contributed by atoms with Crippen molar-refractivity contribution in [2.45, 2.75) is 20.8 Å². The highest BCUT2D eigenvalue weighted by atomic mass is 32.2. The second kappa shape index (κ2) is 9.79. The second-order valence-corrected chi connectivity index (χ2v) is 7.50. The van der Waals surface area contributed by atoms with Gasteiger partial charge in [-0.2, -0.15) is 15.6 Å². The Morgan fingerprint density at radius 3 is 2.65 bits per heavy atom. The largest absolute Gasteiger partial charge is 0.465 e. The lowest BCUT2D eigenvalue weighted by molar-refractivity contribution is -0.139. The first-order valence-electron chi connectivity index (χ1n) is 9.50. The van der Waals surface area contributed by atoms with Crippen molar-refractivity contribution >= 4 is 34.6 Å². The lowest BCUT2D eigenvalue weighted by Crippen LogP contribution is -2.09. The van der Waals surface area contributed by atoms with Crippen molar-refractivity contribution in [2.24, 2.45) is 0 Å². The van der Waals surface area contributed by atoms with E-state index in [0.717, 1.165) is 28.8 Å². The molecule has 0 unspecified atom stereocenters. The Bertz CT molecular complexity index is 1230. The molecule has 1 aromatic carbocycles. The van der Waals surface area contributed by atoms with E-state index in [1.54, 1.807) is 11.4 Å². The van der Waals surface area contributed by atoms with Crippen molar-refractivity contribution in [2.75, 3.05) is 17.7 Å². The third kappa shape index (κ3) is 4.85. The number of rotatable bonds is 7. The average molecular weight is 433 g/mol. The Labute approximate surface area is 184 Å². The van der Waals surface area contributed by atoms with Crippen molar-refractivity contribution in [3.05, 3.63) is 64.1 Å². The molecule has 2 heterocycles. The maximum absolute atomic E-state index is 11.9. The highest BCUT2D eigenvalue weighted by Gasteiger charge is 2.23. The number of allylic oxidation sites excluding steroid dienone is 1. The quantitative estimate of drug-likeness (QED) is 0.442. The fourth-order valence-corrected chi connectivity index (χ4v) is 3.79. The molecule has 2 aromatic heterocycles. The molecule has 0 aliphatic rings. The van der Waals surface area contributed by atoms with Gasteiger partial charge in [0.05, 0.1) is 17.4 Å². The first kappa shape index (κ1) is 21.9. The Hall–Kier alpha value is -3.82. The zero-order valence-corrected chi connectivity index (χ0v) is 18.2. The van der Waals surface area contributed by atoms with E-state index in [2.05, 4.69) is 27.5 Å². The van der Waals surface area contributed by atoms with E-state index in [1.165, 1.54) is 0 Å². The Morgan fingerprint density at radius 2 is 2.00 bits per heavy atom. The van der Waals surface area contributed by atoms with Crippen LogP contribution in [0.15, 0.2) is 41.4 Å². The number of hydrogen-bond donors (Lipinski definition) is 1. The van der Waals surface area contributed by atoms with Crippen LogP contribution in [0.2, 0.25) is 0 Å². The molecule has 156 valence electrons. The van der Waals surface area contributed by atoms with Crippen LogP contribution in [0.25, 0.3) is 11.2 Å². The molecule has 0 aliphatic heterocycles. The van der Waals surface area contributed by atoms with Crippen LogP contribution in [0.3, 0.4) is 0 Å². The van der Waals surface area contributed by atoms with Gasteiger partial charge < -0.3 is 10.1 Å². The molecule has 8 nitrogen and oxygen atoms in total. The number of hydrogen-bond acceptors (Lipinski definition) is 8. The fourth-order valence-electron chi connectivity index (χ4n) is 2.97. The van der Waals surface area contributed by atoms with Gasteiger partial charge in [0.2, 0.25) is 0 Å². The third-order valence-corrected chi connectivity index (χ3v) is 5.23. The first-order chi connectivity index (χ1) is 15.0. The summed E-state index contributed by atoms with van der Waals surface area (Å²) in [6.45, 7) is 5.69. The molecule has 1 N–H and O–H groups in total. The molecule has 0 radical (unpaired) electrons. The van der Waals surface area contributed by atoms with Gasteiger partial charge in [-0.05, 0) is 39.0 Å². The molecule has 0 spiro atoms. The van der Waals surface area contributed by atoms with E-state index < -0.39 is 5.97 Å². The second-order valence-electron chi connectivity index (χ2n) is 6.51. The minimum absolute atomic E-state index is 0.000168. The normalized spacial score (nSPS) is 11.4. The van der Waals surface area contributed by atoms with E-state index in [1.807, 2.05) is 50.2 Å². The molecule has 3 rings (SSSR count). The summed E-state index contributed by atoms with van der Waals surface area (Å²) in [6, 6.07) is 15.4. The van der Waals surface area contributed by atoms with Gasteiger partial charge in [0.25, 0.3) is 0 Å². The number of nitrogens with zero attached hydrogens (tertiary/aromatic N) is 5. The van der Waals surface area contributed by atoms with Crippen LogP contribution < -0.4 is 5.32 Å².